The number of carbonyl (C=O) groups is 2. The van der Waals surface area contributed by atoms with Gasteiger partial charge in [0.1, 0.15) is 5.92 Å². The molecule has 0 aliphatic carbocycles. The zero-order valence-electron chi connectivity index (χ0n) is 12.1. The van der Waals surface area contributed by atoms with E-state index < -0.39 is 11.9 Å². The van der Waals surface area contributed by atoms with Crippen molar-refractivity contribution in [1.29, 1.82) is 0 Å². The first kappa shape index (κ1) is 14.3. The number of benzene rings is 2. The number of carboxylic acids is 1. The van der Waals surface area contributed by atoms with Crippen LogP contribution >= 0.6 is 0 Å². The molecule has 1 aliphatic rings. The van der Waals surface area contributed by atoms with E-state index in [1.165, 1.54) is 0 Å². The second-order valence-corrected chi connectivity index (χ2v) is 5.44. The Hall–Kier alpha value is -2.62. The molecule has 4 heteroatoms. The molecule has 0 bridgehead atoms. The molecular formula is C18H17NO3. The average molecular weight is 295 g/mol. The average Bonchev–Trinajstić information content (AvgIpc) is 2.92. The van der Waals surface area contributed by atoms with E-state index in [0.29, 0.717) is 13.0 Å². The van der Waals surface area contributed by atoms with E-state index in [1.807, 2.05) is 60.7 Å². The van der Waals surface area contributed by atoms with Crippen molar-refractivity contribution in [3.63, 3.8) is 0 Å². The third kappa shape index (κ3) is 2.60. The number of aliphatic carboxylic acids is 1. The molecule has 3 rings (SSSR count). The predicted octanol–water partition coefficient (Wildman–Crippen LogP) is 2.71. The summed E-state index contributed by atoms with van der Waals surface area (Å²) in [6, 6.07) is 19.2. The first-order valence-corrected chi connectivity index (χ1v) is 7.31. The van der Waals surface area contributed by atoms with Crippen molar-refractivity contribution in [1.82, 2.24) is 4.90 Å². The number of rotatable bonds is 4. The molecule has 112 valence electrons. The minimum Gasteiger partial charge on any atom is -0.481 e. The van der Waals surface area contributed by atoms with Gasteiger partial charge in [0, 0.05) is 6.54 Å². The number of hydrogen-bond donors (Lipinski definition) is 1. The molecule has 0 spiro atoms. The molecule has 0 saturated carbocycles. The highest BCUT2D eigenvalue weighted by molar-refractivity contribution is 5.98. The summed E-state index contributed by atoms with van der Waals surface area (Å²) in [5.74, 6) is -2.26. The highest BCUT2D eigenvalue weighted by Crippen LogP contribution is 2.33. The van der Waals surface area contributed by atoms with Gasteiger partial charge >= 0.3 is 5.97 Å². The highest BCUT2D eigenvalue weighted by Gasteiger charge is 2.40. The Balaban J connectivity index is 2.00. The summed E-state index contributed by atoms with van der Waals surface area (Å²) in [5, 5.41) is 9.18. The standard InChI is InChI=1S/C18H17NO3/c20-17-15(18(21)22)11-12-19(17)16(13-7-3-1-4-8-13)14-9-5-2-6-10-14/h1-10,15-16H,11-12H2,(H,21,22)/t15-/m1/s1. The normalized spacial score (nSPS) is 18.0. The van der Waals surface area contributed by atoms with Gasteiger partial charge in [-0.25, -0.2) is 0 Å². The van der Waals surface area contributed by atoms with Crippen LogP contribution in [0.5, 0.6) is 0 Å². The lowest BCUT2D eigenvalue weighted by molar-refractivity contribution is -0.148. The van der Waals surface area contributed by atoms with Gasteiger partial charge in [0.25, 0.3) is 0 Å². The second kappa shape index (κ2) is 6.02. The molecule has 1 aliphatic heterocycles. The van der Waals surface area contributed by atoms with Gasteiger partial charge in [-0.2, -0.15) is 0 Å². The zero-order chi connectivity index (χ0) is 15.5. The zero-order valence-corrected chi connectivity index (χ0v) is 12.1. The number of amides is 1. The molecule has 4 nitrogen and oxygen atoms in total. The lowest BCUT2D eigenvalue weighted by Crippen LogP contribution is -2.34. The molecule has 22 heavy (non-hydrogen) atoms. The SMILES string of the molecule is O=C(O)[C@@H]1CCN(C(c2ccccc2)c2ccccc2)C1=O. The number of carbonyl (C=O) groups excluding carboxylic acids is 1. The van der Waals surface area contributed by atoms with Gasteiger partial charge in [-0.3, -0.25) is 9.59 Å². The smallest absolute Gasteiger partial charge is 0.316 e. The van der Waals surface area contributed by atoms with Gasteiger partial charge in [0.05, 0.1) is 6.04 Å². The first-order valence-electron chi connectivity index (χ1n) is 7.31. The predicted molar refractivity (Wildman–Crippen MR) is 82.2 cm³/mol. The molecule has 1 heterocycles. The summed E-state index contributed by atoms with van der Waals surface area (Å²) in [6.07, 6.45) is 0.365. The van der Waals surface area contributed by atoms with Crippen molar-refractivity contribution in [2.45, 2.75) is 12.5 Å². The Morgan fingerprint density at radius 1 is 1.00 bits per heavy atom. The van der Waals surface area contributed by atoms with Gasteiger partial charge in [-0.05, 0) is 17.5 Å². The molecule has 0 radical (unpaired) electrons. The monoisotopic (exact) mass is 295 g/mol. The quantitative estimate of drug-likeness (QED) is 0.882. The van der Waals surface area contributed by atoms with Crippen molar-refractivity contribution in [3.05, 3.63) is 71.8 Å². The maximum atomic E-state index is 12.5. The number of carboxylic acid groups (broad SMARTS) is 1. The van der Waals surface area contributed by atoms with Crippen LogP contribution in [0.3, 0.4) is 0 Å². The van der Waals surface area contributed by atoms with Crippen LogP contribution in [-0.4, -0.2) is 28.4 Å². The number of hydrogen-bond acceptors (Lipinski definition) is 2. The van der Waals surface area contributed by atoms with Crippen molar-refractivity contribution < 1.29 is 14.7 Å². The Labute approximate surface area is 129 Å². The van der Waals surface area contributed by atoms with Crippen LogP contribution in [0.15, 0.2) is 60.7 Å². The fraction of sp³-hybridized carbons (Fsp3) is 0.222. The molecule has 1 N–H and O–H groups in total. The molecule has 1 saturated heterocycles. The molecule has 1 atom stereocenters. The van der Waals surface area contributed by atoms with Gasteiger partial charge in [0.15, 0.2) is 0 Å². The molecule has 2 aromatic rings. The van der Waals surface area contributed by atoms with E-state index in [4.69, 9.17) is 0 Å². The minimum absolute atomic E-state index is 0.237. The van der Waals surface area contributed by atoms with E-state index in [9.17, 15) is 14.7 Å². The van der Waals surface area contributed by atoms with E-state index in [2.05, 4.69) is 0 Å². The summed E-state index contributed by atoms with van der Waals surface area (Å²) in [4.78, 5) is 25.4. The first-order chi connectivity index (χ1) is 10.7. The third-order valence-corrected chi connectivity index (χ3v) is 4.08. The fourth-order valence-electron chi connectivity index (χ4n) is 3.01. The van der Waals surface area contributed by atoms with Gasteiger partial charge in [0.2, 0.25) is 5.91 Å². The molecule has 0 unspecified atom stereocenters. The molecule has 2 aromatic carbocycles. The second-order valence-electron chi connectivity index (χ2n) is 5.44. The van der Waals surface area contributed by atoms with Crippen molar-refractivity contribution in [2.24, 2.45) is 5.92 Å². The third-order valence-electron chi connectivity index (χ3n) is 4.08. The molecule has 1 fully saturated rings. The van der Waals surface area contributed by atoms with Crippen LogP contribution in [0.25, 0.3) is 0 Å². The van der Waals surface area contributed by atoms with Crippen molar-refractivity contribution in [2.75, 3.05) is 6.54 Å². The van der Waals surface area contributed by atoms with E-state index in [-0.39, 0.29) is 11.9 Å². The lowest BCUT2D eigenvalue weighted by Gasteiger charge is -2.29. The Kier molecular flexibility index (Phi) is 3.92. The van der Waals surface area contributed by atoms with Crippen LogP contribution in [0.4, 0.5) is 0 Å². The van der Waals surface area contributed by atoms with Gasteiger partial charge < -0.3 is 10.0 Å². The molecule has 1 amide bonds. The van der Waals surface area contributed by atoms with E-state index >= 15 is 0 Å². The van der Waals surface area contributed by atoms with Crippen LogP contribution < -0.4 is 0 Å². The summed E-state index contributed by atoms with van der Waals surface area (Å²) in [7, 11) is 0. The van der Waals surface area contributed by atoms with Gasteiger partial charge in [-0.1, -0.05) is 60.7 Å². The Bertz CT molecular complexity index is 630. The Morgan fingerprint density at radius 3 is 1.91 bits per heavy atom. The van der Waals surface area contributed by atoms with Gasteiger partial charge in [-0.15, -0.1) is 0 Å². The Morgan fingerprint density at radius 2 is 1.50 bits per heavy atom. The van der Waals surface area contributed by atoms with Crippen LogP contribution in [0, 0.1) is 5.92 Å². The highest BCUT2D eigenvalue weighted by atomic mass is 16.4. The summed E-state index contributed by atoms with van der Waals surface area (Å²) < 4.78 is 0. The molecule has 0 aromatic heterocycles. The minimum atomic E-state index is -1.03. The van der Waals surface area contributed by atoms with Crippen molar-refractivity contribution in [3.8, 4) is 0 Å². The fourth-order valence-corrected chi connectivity index (χ4v) is 3.01. The lowest BCUT2D eigenvalue weighted by atomic mass is 9.97. The van der Waals surface area contributed by atoms with Crippen molar-refractivity contribution >= 4 is 11.9 Å². The number of nitrogens with zero attached hydrogens (tertiary/aromatic N) is 1. The number of likely N-dealkylation sites (tertiary alicyclic amines) is 1. The summed E-state index contributed by atoms with van der Waals surface area (Å²) >= 11 is 0. The molecular weight excluding hydrogens is 278 g/mol. The maximum Gasteiger partial charge on any atom is 0.316 e. The van der Waals surface area contributed by atoms with Crippen LogP contribution in [-0.2, 0) is 9.59 Å². The topological polar surface area (TPSA) is 57.6 Å². The summed E-state index contributed by atoms with van der Waals surface area (Å²) in [6.45, 7) is 0.463. The van der Waals surface area contributed by atoms with Crippen LogP contribution in [0.1, 0.15) is 23.6 Å². The largest absolute Gasteiger partial charge is 0.481 e. The van der Waals surface area contributed by atoms with E-state index in [1.54, 1.807) is 4.90 Å². The maximum absolute atomic E-state index is 12.5. The summed E-state index contributed by atoms with van der Waals surface area (Å²) in [5.41, 5.74) is 1.99. The van der Waals surface area contributed by atoms with E-state index in [0.717, 1.165) is 11.1 Å². The van der Waals surface area contributed by atoms with Crippen LogP contribution in [0.2, 0.25) is 0 Å².